The number of nitrogens with zero attached hydrogens (tertiary/aromatic N) is 2. The molecule has 0 aromatic heterocycles. The molecule has 3 heteroatoms. The molecular formula is C31H37N3. The summed E-state index contributed by atoms with van der Waals surface area (Å²) in [4.78, 5) is 5.72. The molecule has 2 heterocycles. The Morgan fingerprint density at radius 2 is 1.68 bits per heavy atom. The van der Waals surface area contributed by atoms with E-state index in [1.54, 1.807) is 5.57 Å². The van der Waals surface area contributed by atoms with E-state index in [0.717, 1.165) is 6.42 Å². The zero-order valence-corrected chi connectivity index (χ0v) is 20.1. The molecule has 4 aliphatic carbocycles. The van der Waals surface area contributed by atoms with Crippen molar-refractivity contribution in [2.24, 2.45) is 0 Å². The van der Waals surface area contributed by atoms with Gasteiger partial charge in [-0.25, -0.2) is 0 Å². The molecule has 7 atom stereocenters. The van der Waals surface area contributed by atoms with Crippen LogP contribution in [0.15, 0.2) is 90.1 Å². The van der Waals surface area contributed by atoms with Gasteiger partial charge in [0.05, 0.1) is 0 Å². The zero-order chi connectivity index (χ0) is 22.5. The first-order valence-corrected chi connectivity index (χ1v) is 13.6. The van der Waals surface area contributed by atoms with Crippen molar-refractivity contribution < 1.29 is 0 Å². The van der Waals surface area contributed by atoms with Crippen LogP contribution in [-0.4, -0.2) is 46.3 Å². The van der Waals surface area contributed by atoms with E-state index >= 15 is 0 Å². The van der Waals surface area contributed by atoms with E-state index < -0.39 is 0 Å². The van der Waals surface area contributed by atoms with Crippen molar-refractivity contribution >= 4 is 0 Å². The second kappa shape index (κ2) is 8.78. The SMILES string of the molecule is C1=CC(C2=CC(N3C4CCC=CC4N4C5C=CCCC5NC43)CC(c3ccccc3)C2)=CCC1. The van der Waals surface area contributed by atoms with Crippen LogP contribution in [0.5, 0.6) is 0 Å². The van der Waals surface area contributed by atoms with Crippen molar-refractivity contribution in [3.8, 4) is 0 Å². The maximum Gasteiger partial charge on any atom is 0.119 e. The van der Waals surface area contributed by atoms with Crippen LogP contribution in [0.2, 0.25) is 0 Å². The largest absolute Gasteiger partial charge is 0.285 e. The Kier molecular flexibility index (Phi) is 5.45. The van der Waals surface area contributed by atoms with Crippen LogP contribution in [-0.2, 0) is 0 Å². The van der Waals surface area contributed by atoms with Gasteiger partial charge in [-0.2, -0.15) is 0 Å². The number of rotatable bonds is 3. The highest BCUT2D eigenvalue weighted by atomic mass is 15.6. The average molecular weight is 452 g/mol. The molecule has 1 aromatic rings. The quantitative estimate of drug-likeness (QED) is 0.585. The van der Waals surface area contributed by atoms with Crippen LogP contribution < -0.4 is 5.32 Å². The monoisotopic (exact) mass is 451 g/mol. The van der Waals surface area contributed by atoms with Crippen molar-refractivity contribution in [1.82, 2.24) is 15.1 Å². The van der Waals surface area contributed by atoms with E-state index in [2.05, 4.69) is 94.1 Å². The van der Waals surface area contributed by atoms with Crippen molar-refractivity contribution in [3.63, 3.8) is 0 Å². The summed E-state index contributed by atoms with van der Waals surface area (Å²) in [6, 6.07) is 14.0. The van der Waals surface area contributed by atoms with E-state index in [1.807, 2.05) is 0 Å². The van der Waals surface area contributed by atoms with Gasteiger partial charge in [0, 0.05) is 30.2 Å². The van der Waals surface area contributed by atoms with Gasteiger partial charge in [-0.3, -0.25) is 15.1 Å². The smallest absolute Gasteiger partial charge is 0.119 e. The van der Waals surface area contributed by atoms with E-state index in [4.69, 9.17) is 0 Å². The molecule has 3 nitrogen and oxygen atoms in total. The van der Waals surface area contributed by atoms with Gasteiger partial charge in [-0.05, 0) is 74.0 Å². The minimum atomic E-state index is 0.350. The molecule has 34 heavy (non-hydrogen) atoms. The maximum absolute atomic E-state index is 4.12. The minimum Gasteiger partial charge on any atom is -0.285 e. The van der Waals surface area contributed by atoms with Gasteiger partial charge in [0.1, 0.15) is 6.29 Å². The van der Waals surface area contributed by atoms with Crippen LogP contribution >= 0.6 is 0 Å². The second-order valence-corrected chi connectivity index (χ2v) is 11.0. The molecule has 0 spiro atoms. The Morgan fingerprint density at radius 1 is 0.824 bits per heavy atom. The van der Waals surface area contributed by atoms with Crippen molar-refractivity contribution in [1.29, 1.82) is 0 Å². The molecular weight excluding hydrogens is 414 g/mol. The Labute approximate surface area is 204 Å². The molecule has 6 aliphatic rings. The summed E-state index contributed by atoms with van der Waals surface area (Å²) in [6.45, 7) is 0. The van der Waals surface area contributed by atoms with E-state index in [-0.39, 0.29) is 0 Å². The highest BCUT2D eigenvalue weighted by Gasteiger charge is 2.56. The number of hydrogen-bond donors (Lipinski definition) is 1. The van der Waals surface area contributed by atoms with Gasteiger partial charge in [0.2, 0.25) is 0 Å². The molecule has 0 saturated carbocycles. The normalized spacial score (nSPS) is 39.4. The van der Waals surface area contributed by atoms with Gasteiger partial charge in [-0.15, -0.1) is 0 Å². The molecule has 1 aromatic carbocycles. The average Bonchev–Trinajstić information content (AvgIpc) is 3.44. The van der Waals surface area contributed by atoms with E-state index in [1.165, 1.54) is 56.1 Å². The van der Waals surface area contributed by atoms with Gasteiger partial charge < -0.3 is 0 Å². The highest BCUT2D eigenvalue weighted by Crippen LogP contribution is 2.46. The van der Waals surface area contributed by atoms with Crippen molar-refractivity contribution in [3.05, 3.63) is 95.6 Å². The molecule has 1 N–H and O–H groups in total. The van der Waals surface area contributed by atoms with Gasteiger partial charge in [0.15, 0.2) is 0 Å². The van der Waals surface area contributed by atoms with Crippen LogP contribution in [0.25, 0.3) is 0 Å². The lowest BCUT2D eigenvalue weighted by Crippen LogP contribution is -2.52. The van der Waals surface area contributed by atoms with Crippen LogP contribution in [0, 0.1) is 0 Å². The number of fused-ring (bicyclic) bond motifs is 5. The lowest BCUT2D eigenvalue weighted by Gasteiger charge is -2.41. The van der Waals surface area contributed by atoms with Gasteiger partial charge in [-0.1, -0.05) is 78.9 Å². The number of nitrogens with one attached hydrogen (secondary N) is 1. The summed E-state index contributed by atoms with van der Waals surface area (Å²) in [7, 11) is 0. The van der Waals surface area contributed by atoms with Gasteiger partial charge >= 0.3 is 0 Å². The fourth-order valence-electron chi connectivity index (χ4n) is 7.64. The topological polar surface area (TPSA) is 18.5 Å². The first-order valence-electron chi connectivity index (χ1n) is 13.6. The number of benzene rings is 1. The van der Waals surface area contributed by atoms with Crippen LogP contribution in [0.3, 0.4) is 0 Å². The summed E-state index contributed by atoms with van der Waals surface area (Å²) >= 11 is 0. The summed E-state index contributed by atoms with van der Waals surface area (Å²) < 4.78 is 0. The molecule has 7 unspecified atom stereocenters. The molecule has 0 bridgehead atoms. The van der Waals surface area contributed by atoms with E-state index in [0.29, 0.717) is 42.4 Å². The molecule has 2 fully saturated rings. The van der Waals surface area contributed by atoms with Crippen LogP contribution in [0.1, 0.15) is 62.8 Å². The Bertz CT molecular complexity index is 1060. The van der Waals surface area contributed by atoms with E-state index in [9.17, 15) is 0 Å². The summed E-state index contributed by atoms with van der Waals surface area (Å²) in [5, 5.41) is 4.12. The lowest BCUT2D eigenvalue weighted by molar-refractivity contribution is 0.0858. The van der Waals surface area contributed by atoms with Crippen molar-refractivity contribution in [2.75, 3.05) is 0 Å². The fourth-order valence-corrected chi connectivity index (χ4v) is 7.64. The second-order valence-electron chi connectivity index (χ2n) is 11.0. The molecule has 7 rings (SSSR count). The maximum atomic E-state index is 4.12. The number of allylic oxidation sites excluding steroid dienone is 7. The third kappa shape index (κ3) is 3.52. The molecule has 2 aliphatic heterocycles. The zero-order valence-electron chi connectivity index (χ0n) is 20.1. The molecule has 0 amide bonds. The summed E-state index contributed by atoms with van der Waals surface area (Å²) in [6.07, 6.45) is 29.8. The Morgan fingerprint density at radius 3 is 2.53 bits per heavy atom. The predicted molar refractivity (Wildman–Crippen MR) is 139 cm³/mol. The number of hydrogen-bond acceptors (Lipinski definition) is 3. The third-order valence-electron chi connectivity index (χ3n) is 9.15. The fraction of sp³-hybridized carbons (Fsp3) is 0.484. The first kappa shape index (κ1) is 21.1. The lowest BCUT2D eigenvalue weighted by atomic mass is 9.77. The van der Waals surface area contributed by atoms with Crippen LogP contribution in [0.4, 0.5) is 0 Å². The molecule has 0 radical (unpaired) electrons. The first-order chi connectivity index (χ1) is 16.9. The Hall–Kier alpha value is -2.20. The third-order valence-corrected chi connectivity index (χ3v) is 9.15. The predicted octanol–water partition coefficient (Wildman–Crippen LogP) is 5.81. The molecule has 176 valence electrons. The minimum absolute atomic E-state index is 0.350. The standard InChI is InChI=1S/C31H37N3/c1-3-11-22(12-4-1)24-19-25(23-13-5-2-6-14-23)21-26(20-24)33-29-17-9-10-18-30(29)34-28-16-8-7-15-27(28)32-31(33)34/h1,3-5,8,10-14,16,18,21,24,26-32H,2,6-7,9,15,17,19-20H2. The summed E-state index contributed by atoms with van der Waals surface area (Å²) in [5.74, 6) is 0.581. The Balaban J connectivity index is 1.28. The van der Waals surface area contributed by atoms with Crippen molar-refractivity contribution in [2.45, 2.75) is 93.8 Å². The highest BCUT2D eigenvalue weighted by molar-refractivity contribution is 5.45. The van der Waals surface area contributed by atoms with Gasteiger partial charge in [0.25, 0.3) is 0 Å². The summed E-state index contributed by atoms with van der Waals surface area (Å²) in [5.41, 5.74) is 4.55. The molecule has 2 saturated heterocycles.